The Morgan fingerprint density at radius 3 is 2.32 bits per heavy atom. The average Bonchev–Trinajstić information content (AvgIpc) is 2.93. The summed E-state index contributed by atoms with van der Waals surface area (Å²) in [6.07, 6.45) is 6.48. The Morgan fingerprint density at radius 2 is 1.76 bits per heavy atom. The van der Waals surface area contributed by atoms with Crippen LogP contribution in [-0.4, -0.2) is 27.7 Å². The molecule has 1 unspecified atom stereocenters. The first kappa shape index (κ1) is 17.7. The number of ketones is 1. The van der Waals surface area contributed by atoms with Crippen LogP contribution in [0.2, 0.25) is 0 Å². The molecule has 2 aliphatic rings. The number of aliphatic hydroxyl groups is 1. The van der Waals surface area contributed by atoms with Crippen LogP contribution in [0.3, 0.4) is 0 Å². The number of aliphatic hydroxyl groups excluding tert-OH is 1. The molecule has 1 aromatic rings. The van der Waals surface area contributed by atoms with Gasteiger partial charge in [-0.2, -0.15) is 0 Å². The lowest BCUT2D eigenvalue weighted by atomic mass is 9.90. The molecular formula is C21H27NO3. The Kier molecular flexibility index (Phi) is 5.26. The summed E-state index contributed by atoms with van der Waals surface area (Å²) in [6, 6.07) is 7.72. The van der Waals surface area contributed by atoms with Gasteiger partial charge < -0.3 is 10.0 Å². The fourth-order valence-electron chi connectivity index (χ4n) is 4.10. The molecule has 1 aliphatic carbocycles. The van der Waals surface area contributed by atoms with E-state index in [9.17, 15) is 14.7 Å². The molecule has 0 saturated heterocycles. The molecule has 1 heterocycles. The van der Waals surface area contributed by atoms with E-state index in [1.165, 1.54) is 12.0 Å². The Labute approximate surface area is 149 Å². The number of Topliss-reactive ketones (excluding diaryl/α,β-unsaturated/α-hetero) is 1. The molecule has 3 rings (SSSR count). The summed E-state index contributed by atoms with van der Waals surface area (Å²) >= 11 is 0. The zero-order chi connectivity index (χ0) is 18.0. The van der Waals surface area contributed by atoms with Crippen molar-refractivity contribution >= 4 is 11.7 Å². The third kappa shape index (κ3) is 3.22. The van der Waals surface area contributed by atoms with E-state index in [1.807, 2.05) is 24.3 Å². The highest BCUT2D eigenvalue weighted by Crippen LogP contribution is 2.42. The van der Waals surface area contributed by atoms with Crippen molar-refractivity contribution in [2.45, 2.75) is 70.9 Å². The van der Waals surface area contributed by atoms with Gasteiger partial charge in [0.1, 0.15) is 0 Å². The van der Waals surface area contributed by atoms with Gasteiger partial charge in [-0.15, -0.1) is 0 Å². The molecule has 134 valence electrons. The van der Waals surface area contributed by atoms with Crippen molar-refractivity contribution in [2.75, 3.05) is 0 Å². The van der Waals surface area contributed by atoms with Crippen LogP contribution in [0.1, 0.15) is 69.5 Å². The van der Waals surface area contributed by atoms with Crippen molar-refractivity contribution < 1.29 is 14.7 Å². The number of aryl methyl sites for hydroxylation is 1. The third-order valence-corrected chi connectivity index (χ3v) is 5.54. The lowest BCUT2D eigenvalue weighted by molar-refractivity contribution is -0.132. The fourth-order valence-corrected chi connectivity index (χ4v) is 4.10. The van der Waals surface area contributed by atoms with E-state index < -0.39 is 6.04 Å². The molecule has 1 atom stereocenters. The second kappa shape index (κ2) is 7.42. The van der Waals surface area contributed by atoms with Crippen molar-refractivity contribution in [1.29, 1.82) is 0 Å². The molecule has 1 aliphatic heterocycles. The molecule has 1 amide bonds. The lowest BCUT2D eigenvalue weighted by Crippen LogP contribution is -2.41. The number of carbonyl (C=O) groups excluding carboxylic acids is 2. The second-order valence-corrected chi connectivity index (χ2v) is 7.04. The summed E-state index contributed by atoms with van der Waals surface area (Å²) < 4.78 is 0. The van der Waals surface area contributed by atoms with Gasteiger partial charge in [0.25, 0.3) is 5.91 Å². The summed E-state index contributed by atoms with van der Waals surface area (Å²) in [6.45, 7) is 3.87. The summed E-state index contributed by atoms with van der Waals surface area (Å²) in [5, 5.41) is 10.5. The number of carbonyl (C=O) groups is 2. The monoisotopic (exact) mass is 341 g/mol. The van der Waals surface area contributed by atoms with Gasteiger partial charge in [0.15, 0.2) is 11.5 Å². The molecule has 0 bridgehead atoms. The molecule has 0 radical (unpaired) electrons. The van der Waals surface area contributed by atoms with Crippen LogP contribution in [0.25, 0.3) is 0 Å². The van der Waals surface area contributed by atoms with E-state index in [4.69, 9.17) is 0 Å². The smallest absolute Gasteiger partial charge is 0.290 e. The zero-order valence-corrected chi connectivity index (χ0v) is 15.1. The normalized spacial score (nSPS) is 21.9. The maximum atomic E-state index is 12.8. The first-order valence-corrected chi connectivity index (χ1v) is 9.46. The minimum absolute atomic E-state index is 0.0985. The van der Waals surface area contributed by atoms with Crippen molar-refractivity contribution in [3.8, 4) is 0 Å². The van der Waals surface area contributed by atoms with E-state index in [2.05, 4.69) is 6.92 Å². The van der Waals surface area contributed by atoms with Gasteiger partial charge in [0.05, 0.1) is 11.6 Å². The highest BCUT2D eigenvalue weighted by Gasteiger charge is 2.45. The number of amides is 1. The summed E-state index contributed by atoms with van der Waals surface area (Å²) in [7, 11) is 0. The minimum atomic E-state index is -0.450. The average molecular weight is 341 g/mol. The van der Waals surface area contributed by atoms with Gasteiger partial charge in [0, 0.05) is 12.5 Å². The predicted octanol–water partition coefficient (Wildman–Crippen LogP) is 4.26. The molecular weight excluding hydrogens is 314 g/mol. The number of benzene rings is 1. The zero-order valence-electron chi connectivity index (χ0n) is 15.1. The molecule has 4 nitrogen and oxygen atoms in total. The molecule has 1 saturated carbocycles. The fraction of sp³-hybridized carbons (Fsp3) is 0.524. The van der Waals surface area contributed by atoms with E-state index in [-0.39, 0.29) is 35.5 Å². The molecule has 0 spiro atoms. The van der Waals surface area contributed by atoms with Gasteiger partial charge in [-0.1, -0.05) is 57.4 Å². The minimum Gasteiger partial charge on any atom is -0.503 e. The number of hydrogen-bond donors (Lipinski definition) is 1. The van der Waals surface area contributed by atoms with E-state index in [1.54, 1.807) is 11.8 Å². The van der Waals surface area contributed by atoms with E-state index in [0.29, 0.717) is 0 Å². The highest BCUT2D eigenvalue weighted by atomic mass is 16.3. The van der Waals surface area contributed by atoms with Crippen LogP contribution < -0.4 is 0 Å². The van der Waals surface area contributed by atoms with Crippen LogP contribution in [0.5, 0.6) is 0 Å². The van der Waals surface area contributed by atoms with Crippen molar-refractivity contribution in [3.05, 3.63) is 46.7 Å². The van der Waals surface area contributed by atoms with Crippen molar-refractivity contribution in [3.63, 3.8) is 0 Å². The van der Waals surface area contributed by atoms with Crippen molar-refractivity contribution in [1.82, 2.24) is 4.90 Å². The molecule has 4 heteroatoms. The molecule has 1 N–H and O–H groups in total. The summed E-state index contributed by atoms with van der Waals surface area (Å²) in [5.74, 6) is -0.871. The number of rotatable bonds is 5. The van der Waals surface area contributed by atoms with Gasteiger partial charge in [-0.05, 0) is 30.4 Å². The molecule has 0 aromatic heterocycles. The first-order chi connectivity index (χ1) is 12.1. The number of nitrogens with zero attached hydrogens (tertiary/aromatic N) is 1. The topological polar surface area (TPSA) is 57.6 Å². The Morgan fingerprint density at radius 1 is 1.12 bits per heavy atom. The Hall–Kier alpha value is -2.10. The molecule has 1 aromatic carbocycles. The third-order valence-electron chi connectivity index (χ3n) is 5.54. The maximum absolute atomic E-state index is 12.8. The largest absolute Gasteiger partial charge is 0.503 e. The molecule has 1 fully saturated rings. The van der Waals surface area contributed by atoms with Crippen LogP contribution in [0.15, 0.2) is 35.6 Å². The van der Waals surface area contributed by atoms with Crippen LogP contribution in [-0.2, 0) is 16.0 Å². The molecule has 25 heavy (non-hydrogen) atoms. The Bertz CT molecular complexity index is 684. The van der Waals surface area contributed by atoms with Gasteiger partial charge in [0.2, 0.25) is 0 Å². The van der Waals surface area contributed by atoms with Crippen LogP contribution in [0.4, 0.5) is 0 Å². The van der Waals surface area contributed by atoms with Gasteiger partial charge >= 0.3 is 0 Å². The standard InChI is InChI=1S/C21H27NO3/c1-3-14-10-12-15(13-11-14)19-18(17(23)4-2)20(24)21(25)22(19)16-8-6-5-7-9-16/h10-13,16,19,24H,3-9H2,1-2H3. The SMILES string of the molecule is CCC(=O)C1=C(O)C(=O)N(C2CCCCC2)C1c1ccc(CC)cc1. The van der Waals surface area contributed by atoms with Crippen LogP contribution >= 0.6 is 0 Å². The summed E-state index contributed by atoms with van der Waals surface area (Å²) in [5.41, 5.74) is 2.41. The van der Waals surface area contributed by atoms with E-state index >= 15 is 0 Å². The van der Waals surface area contributed by atoms with Gasteiger partial charge in [-0.25, -0.2) is 0 Å². The van der Waals surface area contributed by atoms with Crippen LogP contribution in [0, 0.1) is 0 Å². The summed E-state index contributed by atoms with van der Waals surface area (Å²) in [4.78, 5) is 27.1. The van der Waals surface area contributed by atoms with Gasteiger partial charge in [-0.3, -0.25) is 9.59 Å². The number of hydrogen-bond acceptors (Lipinski definition) is 3. The first-order valence-electron chi connectivity index (χ1n) is 9.46. The maximum Gasteiger partial charge on any atom is 0.290 e. The Balaban J connectivity index is 2.04. The van der Waals surface area contributed by atoms with E-state index in [0.717, 1.165) is 37.7 Å². The van der Waals surface area contributed by atoms with Crippen molar-refractivity contribution in [2.24, 2.45) is 0 Å². The lowest BCUT2D eigenvalue weighted by Gasteiger charge is -2.36. The predicted molar refractivity (Wildman–Crippen MR) is 97.2 cm³/mol. The quantitative estimate of drug-likeness (QED) is 0.871. The second-order valence-electron chi connectivity index (χ2n) is 7.04. The highest BCUT2D eigenvalue weighted by molar-refractivity contribution is 6.09.